The molecular weight excluding hydrogens is 519 g/mol. The topological polar surface area (TPSA) is 58.3 Å². The molecule has 2 aromatic rings. The predicted octanol–water partition coefficient (Wildman–Crippen LogP) is 4.02. The van der Waals surface area contributed by atoms with Gasteiger partial charge in [0.25, 0.3) is 0 Å². The van der Waals surface area contributed by atoms with Crippen molar-refractivity contribution in [2.45, 2.75) is 51.7 Å². The molecule has 0 amide bonds. The highest BCUT2D eigenvalue weighted by Crippen LogP contribution is 2.20. The third-order valence-electron chi connectivity index (χ3n) is 4.97. The summed E-state index contributed by atoms with van der Waals surface area (Å²) in [6.07, 6.45) is 5.01. The van der Waals surface area contributed by atoms with E-state index in [0.717, 1.165) is 28.6 Å². The summed E-state index contributed by atoms with van der Waals surface area (Å²) in [6, 6.07) is 8.83. The van der Waals surface area contributed by atoms with Crippen LogP contribution >= 0.6 is 39.9 Å². The number of aliphatic imine (C=N–C) groups is 1. The Hall–Kier alpha value is -1.16. The Kier molecular flexibility index (Phi) is 8.53. The molecule has 1 aliphatic carbocycles. The molecule has 3 rings (SSSR count). The molecule has 1 aromatic carbocycles. The number of aryl methyl sites for hydroxylation is 1. The number of hydrogen-bond donors (Lipinski definition) is 1. The zero-order chi connectivity index (χ0) is 18.5. The summed E-state index contributed by atoms with van der Waals surface area (Å²) < 4.78 is 3.11. The lowest BCUT2D eigenvalue weighted by atomic mass is 10.2. The number of guanidine groups is 1. The van der Waals surface area contributed by atoms with E-state index in [-0.39, 0.29) is 24.0 Å². The van der Waals surface area contributed by atoms with Crippen molar-refractivity contribution in [3.63, 3.8) is 0 Å². The molecule has 0 spiro atoms. The minimum absolute atomic E-state index is 0. The first-order valence-electron chi connectivity index (χ1n) is 9.15. The van der Waals surface area contributed by atoms with Gasteiger partial charge in [-0.2, -0.15) is 0 Å². The number of nitrogens with one attached hydrogen (secondary N) is 1. The first-order valence-corrected chi connectivity index (χ1v) is 9.94. The van der Waals surface area contributed by atoms with Gasteiger partial charge in [0.15, 0.2) is 11.8 Å². The van der Waals surface area contributed by atoms with Gasteiger partial charge >= 0.3 is 0 Å². The molecule has 1 heterocycles. The molecule has 0 radical (unpaired) electrons. The van der Waals surface area contributed by atoms with E-state index < -0.39 is 0 Å². The average molecular weight is 547 g/mol. The summed E-state index contributed by atoms with van der Waals surface area (Å²) in [4.78, 5) is 7.03. The van der Waals surface area contributed by atoms with Crippen molar-refractivity contribution < 1.29 is 0 Å². The fourth-order valence-corrected chi connectivity index (χ4v) is 3.63. The first kappa shape index (κ1) is 22.1. The molecule has 0 saturated heterocycles. The van der Waals surface area contributed by atoms with Crippen LogP contribution in [0, 0.1) is 6.92 Å². The lowest BCUT2D eigenvalue weighted by Crippen LogP contribution is -2.43. The number of aromatic nitrogens is 3. The van der Waals surface area contributed by atoms with Gasteiger partial charge in [-0.1, -0.05) is 47.0 Å². The molecule has 6 nitrogen and oxygen atoms in total. The quantitative estimate of drug-likeness (QED) is 0.349. The van der Waals surface area contributed by atoms with Crippen LogP contribution in [0.15, 0.2) is 33.7 Å². The van der Waals surface area contributed by atoms with E-state index in [9.17, 15) is 0 Å². The second-order valence-electron chi connectivity index (χ2n) is 6.94. The Morgan fingerprint density at radius 3 is 2.63 bits per heavy atom. The van der Waals surface area contributed by atoms with Gasteiger partial charge in [-0.3, -0.25) is 0 Å². The monoisotopic (exact) mass is 546 g/mol. The van der Waals surface area contributed by atoms with Crippen molar-refractivity contribution in [2.24, 2.45) is 12.0 Å². The molecule has 1 fully saturated rings. The zero-order valence-electron chi connectivity index (χ0n) is 16.2. The van der Waals surface area contributed by atoms with E-state index in [2.05, 4.69) is 61.6 Å². The van der Waals surface area contributed by atoms with Crippen LogP contribution in [0.5, 0.6) is 0 Å². The Balaban J connectivity index is 0.00000261. The fraction of sp³-hybridized carbons (Fsp3) is 0.526. The molecule has 8 heteroatoms. The number of halogens is 2. The summed E-state index contributed by atoms with van der Waals surface area (Å²) >= 11 is 3.64. The molecule has 0 aliphatic heterocycles. The standard InChI is InChI=1S/C19H27BrN6.HI/c1-14-23-24-18(26(14)3)12-21-19(22-16-9-5-6-10-16)25(2)13-15-8-4-7-11-17(15)20;/h4,7-8,11,16H,5-6,9-10,12-13H2,1-3H3,(H,21,22);1H. The summed E-state index contributed by atoms with van der Waals surface area (Å²) in [5.41, 5.74) is 1.24. The van der Waals surface area contributed by atoms with Crippen LogP contribution in [0.3, 0.4) is 0 Å². The molecule has 0 bridgehead atoms. The minimum Gasteiger partial charge on any atom is -0.353 e. The molecule has 1 saturated carbocycles. The molecule has 0 unspecified atom stereocenters. The lowest BCUT2D eigenvalue weighted by Gasteiger charge is -2.26. The van der Waals surface area contributed by atoms with E-state index in [4.69, 9.17) is 4.99 Å². The molecule has 1 aliphatic rings. The fourth-order valence-electron chi connectivity index (χ4n) is 3.22. The number of nitrogens with zero attached hydrogens (tertiary/aromatic N) is 5. The van der Waals surface area contributed by atoms with Crippen molar-refractivity contribution >= 4 is 45.9 Å². The predicted molar refractivity (Wildman–Crippen MR) is 123 cm³/mol. The van der Waals surface area contributed by atoms with Gasteiger partial charge in [-0.15, -0.1) is 34.2 Å². The van der Waals surface area contributed by atoms with E-state index in [1.807, 2.05) is 24.6 Å². The van der Waals surface area contributed by atoms with Crippen LogP contribution in [-0.2, 0) is 20.1 Å². The van der Waals surface area contributed by atoms with Crippen LogP contribution in [0.1, 0.15) is 42.9 Å². The van der Waals surface area contributed by atoms with Crippen molar-refractivity contribution in [3.8, 4) is 0 Å². The molecule has 27 heavy (non-hydrogen) atoms. The molecule has 1 aromatic heterocycles. The van der Waals surface area contributed by atoms with Gasteiger partial charge in [0, 0.05) is 31.2 Å². The average Bonchev–Trinajstić information content (AvgIpc) is 3.25. The third kappa shape index (κ3) is 5.91. The minimum atomic E-state index is 0. The molecular formula is C19H28BrIN6. The normalized spacial score (nSPS) is 14.9. The van der Waals surface area contributed by atoms with Gasteiger partial charge in [0.2, 0.25) is 0 Å². The number of hydrogen-bond acceptors (Lipinski definition) is 3. The Morgan fingerprint density at radius 2 is 2.00 bits per heavy atom. The molecule has 1 N–H and O–H groups in total. The second kappa shape index (κ2) is 10.4. The SMILES string of the molecule is Cc1nnc(CN=C(NC2CCCC2)N(C)Cc2ccccc2Br)n1C.I. The highest BCUT2D eigenvalue weighted by Gasteiger charge is 2.19. The Morgan fingerprint density at radius 1 is 1.30 bits per heavy atom. The lowest BCUT2D eigenvalue weighted by molar-refractivity contribution is 0.455. The van der Waals surface area contributed by atoms with Gasteiger partial charge in [-0.25, -0.2) is 4.99 Å². The van der Waals surface area contributed by atoms with Gasteiger partial charge in [0.1, 0.15) is 12.4 Å². The first-order chi connectivity index (χ1) is 12.5. The zero-order valence-corrected chi connectivity index (χ0v) is 20.1. The molecule has 148 valence electrons. The van der Waals surface area contributed by atoms with Crippen LogP contribution in [-0.4, -0.2) is 38.7 Å². The van der Waals surface area contributed by atoms with Crippen molar-refractivity contribution in [3.05, 3.63) is 46.0 Å². The molecule has 0 atom stereocenters. The summed E-state index contributed by atoms with van der Waals surface area (Å²) in [5, 5.41) is 12.0. The Labute approximate surface area is 187 Å². The van der Waals surface area contributed by atoms with Crippen LogP contribution in [0.4, 0.5) is 0 Å². The summed E-state index contributed by atoms with van der Waals surface area (Å²) in [6.45, 7) is 3.27. The van der Waals surface area contributed by atoms with E-state index in [1.54, 1.807) is 0 Å². The highest BCUT2D eigenvalue weighted by molar-refractivity contribution is 14.0. The van der Waals surface area contributed by atoms with E-state index in [0.29, 0.717) is 12.6 Å². The second-order valence-corrected chi connectivity index (χ2v) is 7.79. The van der Waals surface area contributed by atoms with Gasteiger partial charge in [-0.05, 0) is 31.4 Å². The summed E-state index contributed by atoms with van der Waals surface area (Å²) in [5.74, 6) is 2.71. The van der Waals surface area contributed by atoms with Crippen LogP contribution < -0.4 is 5.32 Å². The Bertz CT molecular complexity index is 769. The smallest absolute Gasteiger partial charge is 0.194 e. The number of rotatable bonds is 5. The van der Waals surface area contributed by atoms with Gasteiger partial charge in [0.05, 0.1) is 0 Å². The maximum absolute atomic E-state index is 4.85. The van der Waals surface area contributed by atoms with Crippen molar-refractivity contribution in [1.29, 1.82) is 0 Å². The van der Waals surface area contributed by atoms with Gasteiger partial charge < -0.3 is 14.8 Å². The maximum atomic E-state index is 4.85. The van der Waals surface area contributed by atoms with Crippen molar-refractivity contribution in [2.75, 3.05) is 7.05 Å². The van der Waals surface area contributed by atoms with E-state index in [1.165, 1.54) is 31.2 Å². The van der Waals surface area contributed by atoms with E-state index >= 15 is 0 Å². The number of benzene rings is 1. The summed E-state index contributed by atoms with van der Waals surface area (Å²) in [7, 11) is 4.07. The van der Waals surface area contributed by atoms with Crippen molar-refractivity contribution in [1.82, 2.24) is 25.0 Å². The highest BCUT2D eigenvalue weighted by atomic mass is 127. The maximum Gasteiger partial charge on any atom is 0.194 e. The largest absolute Gasteiger partial charge is 0.353 e. The van der Waals surface area contributed by atoms with Crippen LogP contribution in [0.2, 0.25) is 0 Å². The van der Waals surface area contributed by atoms with Crippen LogP contribution in [0.25, 0.3) is 0 Å². The third-order valence-corrected chi connectivity index (χ3v) is 5.74.